The standard InChI is InChI=1S/C14H11ClFNO4S/c1-21-14(18)10-4-2-3-5-12(10)17-22(19,20)13-7-6-9(16)8-11(13)15/h2-8,17H,1H3. The van der Waals surface area contributed by atoms with Gasteiger partial charge in [-0.05, 0) is 30.3 Å². The molecule has 0 aliphatic rings. The Morgan fingerprint density at radius 2 is 1.91 bits per heavy atom. The summed E-state index contributed by atoms with van der Waals surface area (Å²) in [6.07, 6.45) is 0. The highest BCUT2D eigenvalue weighted by molar-refractivity contribution is 7.92. The molecule has 116 valence electrons. The predicted octanol–water partition coefficient (Wildman–Crippen LogP) is 3.07. The van der Waals surface area contributed by atoms with Crippen LogP contribution in [-0.4, -0.2) is 21.5 Å². The molecule has 0 amide bonds. The molecular weight excluding hydrogens is 333 g/mol. The first kappa shape index (κ1) is 16.3. The van der Waals surface area contributed by atoms with Gasteiger partial charge in [-0.15, -0.1) is 0 Å². The molecule has 0 spiro atoms. The third-order valence-electron chi connectivity index (χ3n) is 2.76. The molecular formula is C14H11ClFNO4S. The lowest BCUT2D eigenvalue weighted by atomic mass is 10.2. The van der Waals surface area contributed by atoms with Crippen LogP contribution in [0.2, 0.25) is 5.02 Å². The first-order valence-corrected chi connectivity index (χ1v) is 7.86. The summed E-state index contributed by atoms with van der Waals surface area (Å²) in [5, 5.41) is -0.261. The highest BCUT2D eigenvalue weighted by Crippen LogP contribution is 2.26. The van der Waals surface area contributed by atoms with E-state index < -0.39 is 21.8 Å². The molecule has 22 heavy (non-hydrogen) atoms. The molecule has 8 heteroatoms. The fraction of sp³-hybridized carbons (Fsp3) is 0.0714. The molecule has 0 unspecified atom stereocenters. The number of halogens is 2. The number of para-hydroxylation sites is 1. The normalized spacial score (nSPS) is 11.0. The van der Waals surface area contributed by atoms with Crippen LogP contribution < -0.4 is 4.72 Å². The fourth-order valence-electron chi connectivity index (χ4n) is 1.75. The first-order chi connectivity index (χ1) is 10.3. The maximum absolute atomic E-state index is 13.0. The molecule has 2 aromatic rings. The largest absolute Gasteiger partial charge is 0.465 e. The third kappa shape index (κ3) is 3.37. The smallest absolute Gasteiger partial charge is 0.339 e. The number of carbonyl (C=O) groups is 1. The highest BCUT2D eigenvalue weighted by Gasteiger charge is 2.21. The number of anilines is 1. The van der Waals surface area contributed by atoms with Crippen molar-refractivity contribution in [3.63, 3.8) is 0 Å². The quantitative estimate of drug-likeness (QED) is 0.866. The Labute approximate surface area is 131 Å². The molecule has 2 rings (SSSR count). The second-order valence-corrected chi connectivity index (χ2v) is 6.28. The van der Waals surface area contributed by atoms with Gasteiger partial charge < -0.3 is 4.74 Å². The number of esters is 1. The minimum atomic E-state index is -4.08. The minimum Gasteiger partial charge on any atom is -0.465 e. The molecule has 0 saturated heterocycles. The second kappa shape index (κ2) is 6.33. The predicted molar refractivity (Wildman–Crippen MR) is 80.0 cm³/mol. The van der Waals surface area contributed by atoms with Gasteiger partial charge in [0.1, 0.15) is 10.7 Å². The maximum atomic E-state index is 13.0. The van der Waals surface area contributed by atoms with E-state index in [-0.39, 0.29) is 21.2 Å². The van der Waals surface area contributed by atoms with E-state index in [1.165, 1.54) is 19.2 Å². The number of methoxy groups -OCH3 is 1. The van der Waals surface area contributed by atoms with Crippen LogP contribution >= 0.6 is 11.6 Å². The Bertz CT molecular complexity index is 823. The summed E-state index contributed by atoms with van der Waals surface area (Å²) in [6.45, 7) is 0. The summed E-state index contributed by atoms with van der Waals surface area (Å²) in [6, 6.07) is 8.85. The number of ether oxygens (including phenoxy) is 1. The zero-order chi connectivity index (χ0) is 16.3. The molecule has 2 aromatic carbocycles. The lowest BCUT2D eigenvalue weighted by molar-refractivity contribution is 0.0602. The summed E-state index contributed by atoms with van der Waals surface area (Å²) in [5.41, 5.74) is 0.0848. The van der Waals surface area contributed by atoms with Crippen molar-refractivity contribution in [2.45, 2.75) is 4.90 Å². The first-order valence-electron chi connectivity index (χ1n) is 6.00. The van der Waals surface area contributed by atoms with Gasteiger partial charge in [-0.1, -0.05) is 23.7 Å². The van der Waals surface area contributed by atoms with Crippen molar-refractivity contribution in [3.8, 4) is 0 Å². The Balaban J connectivity index is 2.44. The maximum Gasteiger partial charge on any atom is 0.339 e. The third-order valence-corrected chi connectivity index (χ3v) is 4.61. The molecule has 0 heterocycles. The monoisotopic (exact) mass is 343 g/mol. The number of hydrogen-bond donors (Lipinski definition) is 1. The van der Waals surface area contributed by atoms with E-state index in [0.29, 0.717) is 0 Å². The summed E-state index contributed by atoms with van der Waals surface area (Å²) in [7, 11) is -2.90. The van der Waals surface area contributed by atoms with Gasteiger partial charge in [-0.3, -0.25) is 4.72 Å². The average Bonchev–Trinajstić information content (AvgIpc) is 2.46. The van der Waals surface area contributed by atoms with Gasteiger partial charge in [0.2, 0.25) is 0 Å². The second-order valence-electron chi connectivity index (χ2n) is 4.22. The van der Waals surface area contributed by atoms with Crippen molar-refractivity contribution in [2.75, 3.05) is 11.8 Å². The number of benzene rings is 2. The van der Waals surface area contributed by atoms with Gasteiger partial charge in [0.05, 0.1) is 23.4 Å². The fourth-order valence-corrected chi connectivity index (χ4v) is 3.37. The van der Waals surface area contributed by atoms with E-state index in [9.17, 15) is 17.6 Å². The van der Waals surface area contributed by atoms with Crippen molar-refractivity contribution in [1.82, 2.24) is 0 Å². The number of carbonyl (C=O) groups excluding carboxylic acids is 1. The molecule has 5 nitrogen and oxygen atoms in total. The van der Waals surface area contributed by atoms with Gasteiger partial charge in [0.25, 0.3) is 10.0 Å². The van der Waals surface area contributed by atoms with E-state index in [2.05, 4.69) is 9.46 Å². The van der Waals surface area contributed by atoms with Crippen LogP contribution in [0.3, 0.4) is 0 Å². The van der Waals surface area contributed by atoms with E-state index in [1.54, 1.807) is 12.1 Å². The summed E-state index contributed by atoms with van der Waals surface area (Å²) in [4.78, 5) is 11.3. The van der Waals surface area contributed by atoms with Crippen LogP contribution in [0.1, 0.15) is 10.4 Å². The van der Waals surface area contributed by atoms with Gasteiger partial charge in [-0.2, -0.15) is 0 Å². The molecule has 0 aliphatic heterocycles. The number of nitrogens with one attached hydrogen (secondary N) is 1. The highest BCUT2D eigenvalue weighted by atomic mass is 35.5. The van der Waals surface area contributed by atoms with E-state index >= 15 is 0 Å². The lowest BCUT2D eigenvalue weighted by Crippen LogP contribution is -2.16. The Hall–Kier alpha value is -2.12. The van der Waals surface area contributed by atoms with Crippen LogP contribution in [0.5, 0.6) is 0 Å². The van der Waals surface area contributed by atoms with Crippen molar-refractivity contribution in [1.29, 1.82) is 0 Å². The number of sulfonamides is 1. The van der Waals surface area contributed by atoms with Gasteiger partial charge in [0.15, 0.2) is 0 Å². The Kier molecular flexibility index (Phi) is 4.68. The molecule has 0 aliphatic carbocycles. The van der Waals surface area contributed by atoms with Gasteiger partial charge in [-0.25, -0.2) is 17.6 Å². The summed E-state index contributed by atoms with van der Waals surface area (Å²) in [5.74, 6) is -1.34. The molecule has 1 N–H and O–H groups in total. The van der Waals surface area contributed by atoms with Crippen LogP contribution in [0.25, 0.3) is 0 Å². The van der Waals surface area contributed by atoms with Crippen LogP contribution in [0.4, 0.5) is 10.1 Å². The van der Waals surface area contributed by atoms with Crippen molar-refractivity contribution >= 4 is 33.3 Å². The SMILES string of the molecule is COC(=O)c1ccccc1NS(=O)(=O)c1ccc(F)cc1Cl. The van der Waals surface area contributed by atoms with Gasteiger partial charge in [0, 0.05) is 0 Å². The van der Waals surface area contributed by atoms with Crippen LogP contribution in [0, 0.1) is 5.82 Å². The van der Waals surface area contributed by atoms with Gasteiger partial charge >= 0.3 is 5.97 Å². The van der Waals surface area contributed by atoms with Crippen molar-refractivity contribution in [3.05, 3.63) is 58.9 Å². The molecule has 0 bridgehead atoms. The van der Waals surface area contributed by atoms with E-state index in [0.717, 1.165) is 18.2 Å². The molecule has 0 fully saturated rings. The molecule has 0 atom stereocenters. The number of rotatable bonds is 4. The molecule has 0 saturated carbocycles. The zero-order valence-electron chi connectivity index (χ0n) is 11.3. The molecule has 0 aromatic heterocycles. The van der Waals surface area contributed by atoms with Crippen LogP contribution in [0.15, 0.2) is 47.4 Å². The van der Waals surface area contributed by atoms with Crippen molar-refractivity contribution < 1.29 is 22.3 Å². The van der Waals surface area contributed by atoms with Crippen molar-refractivity contribution in [2.24, 2.45) is 0 Å². The molecule has 0 radical (unpaired) electrons. The zero-order valence-corrected chi connectivity index (χ0v) is 12.9. The van der Waals surface area contributed by atoms with E-state index in [4.69, 9.17) is 11.6 Å². The van der Waals surface area contributed by atoms with E-state index in [1.807, 2.05) is 0 Å². The Morgan fingerprint density at radius 1 is 1.23 bits per heavy atom. The topological polar surface area (TPSA) is 72.5 Å². The average molecular weight is 344 g/mol. The summed E-state index contributed by atoms with van der Waals surface area (Å²) >= 11 is 5.76. The number of hydrogen-bond acceptors (Lipinski definition) is 4. The minimum absolute atomic E-state index is 0.0368. The summed E-state index contributed by atoms with van der Waals surface area (Å²) < 4.78 is 44.5. The van der Waals surface area contributed by atoms with Crippen LogP contribution in [-0.2, 0) is 14.8 Å². The Morgan fingerprint density at radius 3 is 2.55 bits per heavy atom. The lowest BCUT2D eigenvalue weighted by Gasteiger charge is -2.12.